The fourth-order valence-electron chi connectivity index (χ4n) is 7.57. The van der Waals surface area contributed by atoms with E-state index in [4.69, 9.17) is 4.42 Å². The van der Waals surface area contributed by atoms with Gasteiger partial charge in [0.05, 0.1) is 5.69 Å². The molecule has 0 bridgehead atoms. The second kappa shape index (κ2) is 10.6. The van der Waals surface area contributed by atoms with Crippen molar-refractivity contribution in [3.05, 3.63) is 176 Å². The maximum atomic E-state index is 6.30. The zero-order valence-electron chi connectivity index (χ0n) is 26.1. The predicted octanol–water partition coefficient (Wildman–Crippen LogP) is 13.3. The summed E-state index contributed by atoms with van der Waals surface area (Å²) in [4.78, 5) is 2.41. The lowest BCUT2D eigenvalue weighted by molar-refractivity contribution is 0.669. The Morgan fingerprint density at radius 2 is 0.979 bits per heavy atom. The molecule has 0 N–H and O–H groups in total. The van der Waals surface area contributed by atoms with Crippen LogP contribution in [0.5, 0.6) is 0 Å². The highest BCUT2D eigenvalue weighted by Crippen LogP contribution is 2.44. The van der Waals surface area contributed by atoms with Crippen molar-refractivity contribution < 1.29 is 4.42 Å². The Hall–Kier alpha value is -6.38. The summed E-state index contributed by atoms with van der Waals surface area (Å²) in [5, 5.41) is 12.2. The van der Waals surface area contributed by atoms with Gasteiger partial charge in [-0.05, 0) is 97.4 Å². The first kappa shape index (κ1) is 26.8. The van der Waals surface area contributed by atoms with Gasteiger partial charge in [0.15, 0.2) is 0 Å². The summed E-state index contributed by atoms with van der Waals surface area (Å²) in [5.74, 6) is 0. The van der Waals surface area contributed by atoms with Crippen LogP contribution in [0.15, 0.2) is 180 Å². The van der Waals surface area contributed by atoms with E-state index < -0.39 is 0 Å². The first-order valence-corrected chi connectivity index (χ1v) is 16.4. The van der Waals surface area contributed by atoms with Crippen LogP contribution in [0.1, 0.15) is 0 Å². The normalized spacial score (nSPS) is 11.8. The van der Waals surface area contributed by atoms with Gasteiger partial charge in [-0.1, -0.05) is 127 Å². The molecule has 0 saturated carbocycles. The molecular weight excluding hydrogens is 583 g/mol. The summed E-state index contributed by atoms with van der Waals surface area (Å²) in [6, 6.07) is 63.4. The molecule has 48 heavy (non-hydrogen) atoms. The molecule has 0 radical (unpaired) electrons. The van der Waals surface area contributed by atoms with E-state index in [0.29, 0.717) is 0 Å². The van der Waals surface area contributed by atoms with Gasteiger partial charge in [0.25, 0.3) is 0 Å². The minimum absolute atomic E-state index is 0.906. The number of benzene rings is 9. The molecule has 0 saturated heterocycles. The highest BCUT2D eigenvalue weighted by atomic mass is 16.3. The van der Waals surface area contributed by atoms with Crippen molar-refractivity contribution in [1.82, 2.24) is 0 Å². The number of nitrogens with zero attached hydrogens (tertiary/aromatic N) is 1. The van der Waals surface area contributed by atoms with Gasteiger partial charge in [0.2, 0.25) is 0 Å². The van der Waals surface area contributed by atoms with E-state index in [0.717, 1.165) is 39.0 Å². The number of furan rings is 1. The fraction of sp³-hybridized carbons (Fsp3) is 0. The summed E-state index contributed by atoms with van der Waals surface area (Å²) in [6.07, 6.45) is 0. The minimum Gasteiger partial charge on any atom is -0.456 e. The lowest BCUT2D eigenvalue weighted by Gasteiger charge is -2.27. The number of para-hydroxylation sites is 1. The average Bonchev–Trinajstić information content (AvgIpc) is 3.55. The van der Waals surface area contributed by atoms with Gasteiger partial charge >= 0.3 is 0 Å². The number of rotatable bonds is 4. The molecule has 2 heteroatoms. The van der Waals surface area contributed by atoms with Crippen LogP contribution in [0, 0.1) is 0 Å². The lowest BCUT2D eigenvalue weighted by Crippen LogP contribution is -2.10. The predicted molar refractivity (Wildman–Crippen MR) is 204 cm³/mol. The standard InChI is InChI=1S/C46H29NO/c1-2-9-30(10-3-1)31-21-24-35(25-22-31)47(42-15-8-14-39-38(42)27-28-44-46(39)40-13-6-7-16-43(40)48-44)36-26-23-33-18-20-34-19-17-32-11-4-5-12-37(32)45(34)41(33)29-36/h1-29H. The van der Waals surface area contributed by atoms with Crippen LogP contribution in [0.3, 0.4) is 0 Å². The van der Waals surface area contributed by atoms with E-state index in [9.17, 15) is 0 Å². The molecule has 10 rings (SSSR count). The Bertz CT molecular complexity index is 2820. The molecule has 0 amide bonds. The van der Waals surface area contributed by atoms with Crippen LogP contribution >= 0.6 is 0 Å². The second-order valence-electron chi connectivity index (χ2n) is 12.5. The first-order chi connectivity index (χ1) is 23.8. The van der Waals surface area contributed by atoms with Crippen molar-refractivity contribution in [2.45, 2.75) is 0 Å². The van der Waals surface area contributed by atoms with Gasteiger partial charge in [0, 0.05) is 27.5 Å². The third-order valence-corrected chi connectivity index (χ3v) is 9.82. The van der Waals surface area contributed by atoms with Gasteiger partial charge in [-0.25, -0.2) is 0 Å². The Balaban J connectivity index is 1.25. The van der Waals surface area contributed by atoms with E-state index in [1.165, 1.54) is 54.2 Å². The van der Waals surface area contributed by atoms with Crippen LogP contribution in [-0.2, 0) is 0 Å². The Labute approximate surface area is 277 Å². The van der Waals surface area contributed by atoms with E-state index in [1.807, 2.05) is 6.07 Å². The molecule has 0 spiro atoms. The van der Waals surface area contributed by atoms with E-state index in [2.05, 4.69) is 175 Å². The molecule has 1 aromatic heterocycles. The van der Waals surface area contributed by atoms with Gasteiger partial charge in [-0.2, -0.15) is 0 Å². The highest BCUT2D eigenvalue weighted by Gasteiger charge is 2.19. The molecule has 9 aromatic carbocycles. The largest absolute Gasteiger partial charge is 0.456 e. The smallest absolute Gasteiger partial charge is 0.136 e. The Morgan fingerprint density at radius 1 is 0.333 bits per heavy atom. The summed E-state index contributed by atoms with van der Waals surface area (Å²) >= 11 is 0. The van der Waals surface area contributed by atoms with E-state index >= 15 is 0 Å². The fourth-order valence-corrected chi connectivity index (χ4v) is 7.57. The quantitative estimate of drug-likeness (QED) is 0.184. The number of fused-ring (bicyclic) bond motifs is 10. The lowest BCUT2D eigenvalue weighted by atomic mass is 9.95. The Morgan fingerprint density at radius 3 is 1.83 bits per heavy atom. The molecule has 0 aliphatic rings. The number of hydrogen-bond donors (Lipinski definition) is 0. The van der Waals surface area contributed by atoms with Crippen molar-refractivity contribution in [2.24, 2.45) is 0 Å². The van der Waals surface area contributed by atoms with Gasteiger partial charge < -0.3 is 9.32 Å². The third kappa shape index (κ3) is 4.13. The van der Waals surface area contributed by atoms with Crippen molar-refractivity contribution in [3.63, 3.8) is 0 Å². The molecule has 0 aliphatic heterocycles. The first-order valence-electron chi connectivity index (χ1n) is 16.4. The average molecular weight is 612 g/mol. The third-order valence-electron chi connectivity index (χ3n) is 9.82. The molecule has 10 aromatic rings. The molecule has 0 atom stereocenters. The zero-order chi connectivity index (χ0) is 31.6. The van der Waals surface area contributed by atoms with Crippen LogP contribution in [0.4, 0.5) is 17.1 Å². The maximum Gasteiger partial charge on any atom is 0.136 e. The highest BCUT2D eigenvalue weighted by molar-refractivity contribution is 6.22. The van der Waals surface area contributed by atoms with Crippen LogP contribution in [-0.4, -0.2) is 0 Å². The van der Waals surface area contributed by atoms with E-state index in [1.54, 1.807) is 0 Å². The SMILES string of the molecule is c1ccc(-c2ccc(N(c3ccc4ccc5ccc6ccccc6c5c4c3)c3cccc4c3ccc3oc5ccccc5c34)cc2)cc1. The second-order valence-corrected chi connectivity index (χ2v) is 12.5. The topological polar surface area (TPSA) is 16.4 Å². The molecular formula is C46H29NO. The van der Waals surface area contributed by atoms with Gasteiger partial charge in [-0.15, -0.1) is 0 Å². The summed E-state index contributed by atoms with van der Waals surface area (Å²) in [6.45, 7) is 0. The van der Waals surface area contributed by atoms with Crippen LogP contribution in [0.2, 0.25) is 0 Å². The number of hydrogen-bond acceptors (Lipinski definition) is 2. The van der Waals surface area contributed by atoms with E-state index in [-0.39, 0.29) is 0 Å². The number of anilines is 3. The molecule has 0 fully saturated rings. The van der Waals surface area contributed by atoms with Gasteiger partial charge in [-0.3, -0.25) is 0 Å². The van der Waals surface area contributed by atoms with Gasteiger partial charge in [0.1, 0.15) is 11.2 Å². The summed E-state index contributed by atoms with van der Waals surface area (Å²) in [7, 11) is 0. The molecule has 0 unspecified atom stereocenters. The summed E-state index contributed by atoms with van der Waals surface area (Å²) < 4.78 is 6.30. The molecule has 224 valence electrons. The Kier molecular flexibility index (Phi) is 5.91. The van der Waals surface area contributed by atoms with Crippen molar-refractivity contribution in [3.8, 4) is 11.1 Å². The van der Waals surface area contributed by atoms with Crippen LogP contribution < -0.4 is 4.90 Å². The molecule has 2 nitrogen and oxygen atoms in total. The molecule has 1 heterocycles. The zero-order valence-corrected chi connectivity index (χ0v) is 26.1. The minimum atomic E-state index is 0.906. The molecule has 0 aliphatic carbocycles. The maximum absolute atomic E-state index is 6.30. The van der Waals surface area contributed by atoms with Crippen molar-refractivity contribution in [2.75, 3.05) is 4.90 Å². The summed E-state index contributed by atoms with van der Waals surface area (Å²) in [5.41, 5.74) is 7.55. The monoisotopic (exact) mass is 611 g/mol. The van der Waals surface area contributed by atoms with Crippen molar-refractivity contribution >= 4 is 82.1 Å². The van der Waals surface area contributed by atoms with Crippen molar-refractivity contribution in [1.29, 1.82) is 0 Å². The van der Waals surface area contributed by atoms with Crippen LogP contribution in [0.25, 0.3) is 76.2 Å².